The molecule has 0 fully saturated rings. The zero-order valence-electron chi connectivity index (χ0n) is 13.2. The molecule has 2 aromatic heterocycles. The number of nitrogens with one attached hydrogen (secondary N) is 1. The molecule has 2 heterocycles. The number of hydrogen-bond donors (Lipinski definition) is 1. The molecule has 0 radical (unpaired) electrons. The van der Waals surface area contributed by atoms with Crippen LogP contribution in [0.1, 0.15) is 34.8 Å². The van der Waals surface area contributed by atoms with Crippen molar-refractivity contribution >= 4 is 5.91 Å². The van der Waals surface area contributed by atoms with Crippen molar-refractivity contribution in [3.63, 3.8) is 0 Å². The van der Waals surface area contributed by atoms with Gasteiger partial charge in [-0.1, -0.05) is 30.3 Å². The Labute approximate surface area is 138 Å². The van der Waals surface area contributed by atoms with E-state index in [1.54, 1.807) is 18.4 Å². The molecule has 1 amide bonds. The first-order chi connectivity index (χ1) is 11.6. The maximum absolute atomic E-state index is 12.3. The summed E-state index contributed by atoms with van der Waals surface area (Å²) in [5, 5.41) is 6.96. The summed E-state index contributed by atoms with van der Waals surface area (Å²) in [6, 6.07) is 15.5. The van der Waals surface area contributed by atoms with E-state index in [-0.39, 0.29) is 23.2 Å². The van der Waals surface area contributed by atoms with Gasteiger partial charge in [0.15, 0.2) is 0 Å². The van der Waals surface area contributed by atoms with Crippen LogP contribution in [0, 0.1) is 0 Å². The van der Waals surface area contributed by atoms with E-state index < -0.39 is 0 Å². The number of nitrogens with zero attached hydrogens (tertiary/aromatic N) is 2. The van der Waals surface area contributed by atoms with Crippen molar-refractivity contribution in [1.29, 1.82) is 0 Å². The molecule has 1 aromatic carbocycles. The highest BCUT2D eigenvalue weighted by Crippen LogP contribution is 2.12. The van der Waals surface area contributed by atoms with Gasteiger partial charge in [0.25, 0.3) is 11.5 Å². The molecule has 0 unspecified atom stereocenters. The number of hydrogen-bond acceptors (Lipinski definition) is 4. The number of carbonyl (C=O) groups is 1. The molecule has 1 N–H and O–H groups in total. The van der Waals surface area contributed by atoms with Crippen LogP contribution in [-0.2, 0) is 6.54 Å². The number of aromatic nitrogens is 2. The van der Waals surface area contributed by atoms with Crippen molar-refractivity contribution in [2.75, 3.05) is 0 Å². The average molecular weight is 323 g/mol. The van der Waals surface area contributed by atoms with E-state index in [4.69, 9.17) is 4.42 Å². The lowest BCUT2D eigenvalue weighted by Crippen LogP contribution is -2.31. The molecule has 0 saturated carbocycles. The lowest BCUT2D eigenvalue weighted by molar-refractivity contribution is 0.0928. The summed E-state index contributed by atoms with van der Waals surface area (Å²) in [6.07, 6.45) is 1.55. The Morgan fingerprint density at radius 2 is 1.96 bits per heavy atom. The first-order valence-corrected chi connectivity index (χ1v) is 7.60. The fourth-order valence-electron chi connectivity index (χ4n) is 2.32. The van der Waals surface area contributed by atoms with Crippen molar-refractivity contribution in [2.45, 2.75) is 19.5 Å². The molecule has 0 aliphatic rings. The van der Waals surface area contributed by atoms with Crippen molar-refractivity contribution in [2.24, 2.45) is 0 Å². The van der Waals surface area contributed by atoms with E-state index in [1.165, 1.54) is 16.8 Å². The summed E-state index contributed by atoms with van der Waals surface area (Å²) in [5.41, 5.74) is 0.868. The van der Waals surface area contributed by atoms with Crippen LogP contribution in [0.5, 0.6) is 0 Å². The molecule has 122 valence electrons. The Morgan fingerprint density at radius 1 is 1.17 bits per heavy atom. The first-order valence-electron chi connectivity index (χ1n) is 7.60. The summed E-state index contributed by atoms with van der Waals surface area (Å²) >= 11 is 0. The second kappa shape index (κ2) is 6.95. The number of rotatable bonds is 5. The number of carbonyl (C=O) groups excluding carboxylic acids is 1. The first kappa shape index (κ1) is 15.7. The van der Waals surface area contributed by atoms with Gasteiger partial charge >= 0.3 is 0 Å². The van der Waals surface area contributed by atoms with Crippen molar-refractivity contribution in [1.82, 2.24) is 15.1 Å². The van der Waals surface area contributed by atoms with Gasteiger partial charge in [-0.2, -0.15) is 5.10 Å². The van der Waals surface area contributed by atoms with E-state index in [0.717, 1.165) is 5.56 Å². The van der Waals surface area contributed by atoms with Crippen LogP contribution in [0.15, 0.2) is 70.1 Å². The van der Waals surface area contributed by atoms with Crippen LogP contribution in [0.3, 0.4) is 0 Å². The Morgan fingerprint density at radius 3 is 2.67 bits per heavy atom. The Bertz CT molecular complexity index is 870. The number of furan rings is 1. The standard InChI is InChI=1S/C18H17N3O3/c1-13(16-8-5-11-24-16)19-18(23)15-9-10-17(22)21(20-15)12-14-6-3-2-4-7-14/h2-11,13H,12H2,1H3,(H,19,23)/t13-/m0/s1. The predicted octanol–water partition coefficient (Wildman–Crippen LogP) is 2.38. The van der Waals surface area contributed by atoms with Crippen molar-refractivity contribution in [3.05, 3.63) is 88.2 Å². The van der Waals surface area contributed by atoms with Crippen LogP contribution in [0.2, 0.25) is 0 Å². The molecule has 6 nitrogen and oxygen atoms in total. The molecular formula is C18H17N3O3. The summed E-state index contributed by atoms with van der Waals surface area (Å²) in [5.74, 6) is 0.293. The van der Waals surface area contributed by atoms with Gasteiger partial charge in [0.05, 0.1) is 18.8 Å². The highest BCUT2D eigenvalue weighted by molar-refractivity contribution is 5.92. The maximum Gasteiger partial charge on any atom is 0.272 e. The molecular weight excluding hydrogens is 306 g/mol. The third-order valence-electron chi connectivity index (χ3n) is 3.59. The topological polar surface area (TPSA) is 77.1 Å². The second-order valence-corrected chi connectivity index (χ2v) is 5.41. The van der Waals surface area contributed by atoms with E-state index in [1.807, 2.05) is 37.3 Å². The van der Waals surface area contributed by atoms with Gasteiger partial charge in [-0.3, -0.25) is 9.59 Å². The lowest BCUT2D eigenvalue weighted by atomic mass is 10.2. The largest absolute Gasteiger partial charge is 0.467 e. The van der Waals surface area contributed by atoms with Crippen LogP contribution in [0.4, 0.5) is 0 Å². The smallest absolute Gasteiger partial charge is 0.272 e. The molecule has 0 bridgehead atoms. The molecule has 3 rings (SSSR count). The lowest BCUT2D eigenvalue weighted by Gasteiger charge is -2.12. The fraction of sp³-hybridized carbons (Fsp3) is 0.167. The zero-order chi connectivity index (χ0) is 16.9. The molecule has 1 atom stereocenters. The monoisotopic (exact) mass is 323 g/mol. The van der Waals surface area contributed by atoms with Crippen LogP contribution in [0.25, 0.3) is 0 Å². The summed E-state index contributed by atoms with van der Waals surface area (Å²) in [7, 11) is 0. The molecule has 0 spiro atoms. The zero-order valence-corrected chi connectivity index (χ0v) is 13.2. The minimum Gasteiger partial charge on any atom is -0.467 e. The highest BCUT2D eigenvalue weighted by atomic mass is 16.3. The van der Waals surface area contributed by atoms with Crippen LogP contribution >= 0.6 is 0 Å². The van der Waals surface area contributed by atoms with Crippen LogP contribution in [-0.4, -0.2) is 15.7 Å². The third-order valence-corrected chi connectivity index (χ3v) is 3.59. The van der Waals surface area contributed by atoms with Gasteiger partial charge in [-0.15, -0.1) is 0 Å². The maximum atomic E-state index is 12.3. The normalized spacial score (nSPS) is 11.9. The fourth-order valence-corrected chi connectivity index (χ4v) is 2.32. The van der Waals surface area contributed by atoms with Gasteiger partial charge in [0.2, 0.25) is 0 Å². The Hall–Kier alpha value is -3.15. The Kier molecular flexibility index (Phi) is 4.56. The van der Waals surface area contributed by atoms with E-state index in [2.05, 4.69) is 10.4 Å². The number of benzene rings is 1. The average Bonchev–Trinajstić information content (AvgIpc) is 3.12. The molecule has 6 heteroatoms. The van der Waals surface area contributed by atoms with Crippen LogP contribution < -0.4 is 10.9 Å². The molecule has 0 aliphatic carbocycles. The molecule has 0 saturated heterocycles. The Balaban J connectivity index is 1.77. The van der Waals surface area contributed by atoms with E-state index >= 15 is 0 Å². The predicted molar refractivity (Wildman–Crippen MR) is 88.6 cm³/mol. The summed E-state index contributed by atoms with van der Waals surface area (Å²) < 4.78 is 6.54. The van der Waals surface area contributed by atoms with Gasteiger partial charge in [-0.05, 0) is 30.7 Å². The molecule has 24 heavy (non-hydrogen) atoms. The number of amides is 1. The molecule has 3 aromatic rings. The summed E-state index contributed by atoms with van der Waals surface area (Å²) in [4.78, 5) is 24.3. The summed E-state index contributed by atoms with van der Waals surface area (Å²) in [6.45, 7) is 2.13. The molecule has 0 aliphatic heterocycles. The van der Waals surface area contributed by atoms with E-state index in [0.29, 0.717) is 12.3 Å². The van der Waals surface area contributed by atoms with Crippen molar-refractivity contribution in [3.8, 4) is 0 Å². The minimum atomic E-state index is -0.360. The quantitative estimate of drug-likeness (QED) is 0.782. The third kappa shape index (κ3) is 3.60. The van der Waals surface area contributed by atoms with Gasteiger partial charge < -0.3 is 9.73 Å². The van der Waals surface area contributed by atoms with Gasteiger partial charge in [0.1, 0.15) is 11.5 Å². The van der Waals surface area contributed by atoms with Crippen molar-refractivity contribution < 1.29 is 9.21 Å². The van der Waals surface area contributed by atoms with Gasteiger partial charge in [0, 0.05) is 6.07 Å². The minimum absolute atomic E-state index is 0.184. The van der Waals surface area contributed by atoms with Gasteiger partial charge in [-0.25, -0.2) is 4.68 Å². The highest BCUT2D eigenvalue weighted by Gasteiger charge is 2.15. The SMILES string of the molecule is C[C@H](NC(=O)c1ccc(=O)n(Cc2ccccc2)n1)c1ccco1. The second-order valence-electron chi connectivity index (χ2n) is 5.41. The van der Waals surface area contributed by atoms with E-state index in [9.17, 15) is 9.59 Å².